The van der Waals surface area contributed by atoms with Crippen molar-refractivity contribution in [2.24, 2.45) is 0 Å². The highest BCUT2D eigenvalue weighted by molar-refractivity contribution is 9.10. The average Bonchev–Trinajstić information content (AvgIpc) is 2.81. The largest absolute Gasteiger partial charge is 0.289 e. The van der Waals surface area contributed by atoms with Crippen molar-refractivity contribution in [2.75, 3.05) is 0 Å². The lowest BCUT2D eigenvalue weighted by atomic mass is 9.95. The molecule has 0 N–H and O–H groups in total. The third kappa shape index (κ3) is 2.08. The van der Waals surface area contributed by atoms with Gasteiger partial charge in [-0.15, -0.1) is 0 Å². The molecule has 0 saturated carbocycles. The Labute approximate surface area is 145 Å². The quantitative estimate of drug-likeness (QED) is 0.369. The second-order valence-corrected chi connectivity index (χ2v) is 7.09. The SMILES string of the molecule is O=C1c2cc(Br)ccc2-c2cccc(-c3ccc(Br)cc3)c21. The molecule has 0 fully saturated rings. The highest BCUT2D eigenvalue weighted by Crippen LogP contribution is 2.42. The summed E-state index contributed by atoms with van der Waals surface area (Å²) >= 11 is 6.90. The van der Waals surface area contributed by atoms with Crippen LogP contribution >= 0.6 is 31.9 Å². The number of halogens is 2. The number of benzene rings is 3. The maximum Gasteiger partial charge on any atom is 0.194 e. The van der Waals surface area contributed by atoms with E-state index in [0.29, 0.717) is 0 Å². The topological polar surface area (TPSA) is 17.1 Å². The van der Waals surface area contributed by atoms with Gasteiger partial charge in [-0.1, -0.05) is 68.3 Å². The van der Waals surface area contributed by atoms with Crippen molar-refractivity contribution in [1.29, 1.82) is 0 Å². The van der Waals surface area contributed by atoms with Crippen molar-refractivity contribution in [2.45, 2.75) is 0 Å². The van der Waals surface area contributed by atoms with Gasteiger partial charge >= 0.3 is 0 Å². The lowest BCUT2D eigenvalue weighted by Gasteiger charge is -2.08. The van der Waals surface area contributed by atoms with Crippen molar-refractivity contribution >= 4 is 37.6 Å². The van der Waals surface area contributed by atoms with Crippen LogP contribution in [0.15, 0.2) is 69.6 Å². The van der Waals surface area contributed by atoms with Crippen molar-refractivity contribution < 1.29 is 4.79 Å². The highest BCUT2D eigenvalue weighted by atomic mass is 79.9. The van der Waals surface area contributed by atoms with Gasteiger partial charge in [0.2, 0.25) is 0 Å². The van der Waals surface area contributed by atoms with Crippen LogP contribution < -0.4 is 0 Å². The van der Waals surface area contributed by atoms with Gasteiger partial charge in [-0.2, -0.15) is 0 Å². The number of fused-ring (bicyclic) bond motifs is 3. The fraction of sp³-hybridized carbons (Fsp3) is 0. The predicted octanol–water partition coefficient (Wildman–Crippen LogP) is 6.09. The molecule has 0 spiro atoms. The number of carbonyl (C=O) groups is 1. The Balaban J connectivity index is 1.97. The molecular formula is C19H10Br2O. The first-order valence-corrected chi connectivity index (χ1v) is 8.47. The third-order valence-corrected chi connectivity index (χ3v) is 4.99. The van der Waals surface area contributed by atoms with Crippen molar-refractivity contribution in [3.8, 4) is 22.3 Å². The minimum Gasteiger partial charge on any atom is -0.289 e. The summed E-state index contributed by atoms with van der Waals surface area (Å²) in [6, 6.07) is 20.0. The number of hydrogen-bond donors (Lipinski definition) is 0. The third-order valence-electron chi connectivity index (χ3n) is 3.96. The normalized spacial score (nSPS) is 12.2. The van der Waals surface area contributed by atoms with E-state index in [-0.39, 0.29) is 5.78 Å². The lowest BCUT2D eigenvalue weighted by Crippen LogP contribution is -1.98. The second-order valence-electron chi connectivity index (χ2n) is 5.25. The summed E-state index contributed by atoms with van der Waals surface area (Å²) < 4.78 is 1.96. The predicted molar refractivity (Wildman–Crippen MR) is 96.1 cm³/mol. The minimum absolute atomic E-state index is 0.102. The molecule has 4 rings (SSSR count). The molecule has 106 valence electrons. The van der Waals surface area contributed by atoms with E-state index in [1.54, 1.807) is 0 Å². The summed E-state index contributed by atoms with van der Waals surface area (Å²) in [5, 5.41) is 0. The monoisotopic (exact) mass is 412 g/mol. The van der Waals surface area contributed by atoms with E-state index < -0.39 is 0 Å². The van der Waals surface area contributed by atoms with Gasteiger partial charge in [0.25, 0.3) is 0 Å². The summed E-state index contributed by atoms with van der Waals surface area (Å²) in [7, 11) is 0. The zero-order valence-corrected chi connectivity index (χ0v) is 14.6. The van der Waals surface area contributed by atoms with Crippen LogP contribution in [0.2, 0.25) is 0 Å². The Hall–Kier alpha value is -1.71. The summed E-state index contributed by atoms with van der Waals surface area (Å²) in [5.41, 5.74) is 5.66. The number of rotatable bonds is 1. The van der Waals surface area contributed by atoms with Gasteiger partial charge in [0, 0.05) is 20.1 Å². The van der Waals surface area contributed by atoms with Gasteiger partial charge in [0.15, 0.2) is 5.78 Å². The van der Waals surface area contributed by atoms with Gasteiger partial charge < -0.3 is 0 Å². The van der Waals surface area contributed by atoms with Crippen LogP contribution in [-0.2, 0) is 0 Å². The second kappa shape index (κ2) is 5.18. The first kappa shape index (κ1) is 13.9. The Kier molecular flexibility index (Phi) is 3.28. The van der Waals surface area contributed by atoms with Crippen molar-refractivity contribution in [3.63, 3.8) is 0 Å². The van der Waals surface area contributed by atoms with E-state index in [9.17, 15) is 4.79 Å². The molecule has 1 aliphatic carbocycles. The zero-order chi connectivity index (χ0) is 15.3. The van der Waals surface area contributed by atoms with E-state index in [1.807, 2.05) is 60.7 Å². The molecule has 22 heavy (non-hydrogen) atoms. The van der Waals surface area contributed by atoms with Crippen LogP contribution in [0.25, 0.3) is 22.3 Å². The average molecular weight is 414 g/mol. The van der Waals surface area contributed by atoms with E-state index in [2.05, 4.69) is 31.9 Å². The molecule has 0 amide bonds. The molecule has 1 nitrogen and oxygen atoms in total. The summed E-state index contributed by atoms with van der Waals surface area (Å²) in [4.78, 5) is 12.9. The Morgan fingerprint density at radius 3 is 2.09 bits per heavy atom. The minimum atomic E-state index is 0.102. The fourth-order valence-corrected chi connectivity index (χ4v) is 3.59. The van der Waals surface area contributed by atoms with E-state index in [4.69, 9.17) is 0 Å². The Morgan fingerprint density at radius 1 is 0.636 bits per heavy atom. The van der Waals surface area contributed by atoms with Crippen LogP contribution in [0.4, 0.5) is 0 Å². The maximum atomic E-state index is 12.9. The fourth-order valence-electron chi connectivity index (χ4n) is 2.97. The van der Waals surface area contributed by atoms with E-state index >= 15 is 0 Å². The molecular weight excluding hydrogens is 404 g/mol. The molecule has 3 aromatic carbocycles. The molecule has 0 atom stereocenters. The van der Waals surface area contributed by atoms with Crippen LogP contribution in [0.5, 0.6) is 0 Å². The molecule has 0 aliphatic heterocycles. The molecule has 1 aliphatic rings. The van der Waals surface area contributed by atoms with Gasteiger partial charge in [-0.25, -0.2) is 0 Å². The van der Waals surface area contributed by atoms with Crippen LogP contribution in [-0.4, -0.2) is 5.78 Å². The maximum absolute atomic E-state index is 12.9. The first-order chi connectivity index (χ1) is 10.6. The lowest BCUT2D eigenvalue weighted by molar-refractivity contribution is 0.104. The molecule has 0 unspecified atom stereocenters. The molecule has 0 aromatic heterocycles. The number of ketones is 1. The smallest absolute Gasteiger partial charge is 0.194 e. The Bertz CT molecular complexity index is 911. The van der Waals surface area contributed by atoms with E-state index in [0.717, 1.165) is 42.3 Å². The van der Waals surface area contributed by atoms with Crippen molar-refractivity contribution in [3.05, 3.63) is 80.7 Å². The molecule has 0 bridgehead atoms. The van der Waals surface area contributed by atoms with Gasteiger partial charge in [0.1, 0.15) is 0 Å². The zero-order valence-electron chi connectivity index (χ0n) is 11.4. The molecule has 3 heteroatoms. The first-order valence-electron chi connectivity index (χ1n) is 6.89. The van der Waals surface area contributed by atoms with Crippen molar-refractivity contribution in [1.82, 2.24) is 0 Å². The van der Waals surface area contributed by atoms with Gasteiger partial charge in [-0.05, 0) is 46.5 Å². The Morgan fingerprint density at radius 2 is 1.32 bits per heavy atom. The van der Waals surface area contributed by atoms with Crippen LogP contribution in [0.1, 0.15) is 15.9 Å². The molecule has 0 radical (unpaired) electrons. The van der Waals surface area contributed by atoms with E-state index in [1.165, 1.54) is 0 Å². The molecule has 3 aromatic rings. The summed E-state index contributed by atoms with van der Waals surface area (Å²) in [5.74, 6) is 0.102. The highest BCUT2D eigenvalue weighted by Gasteiger charge is 2.29. The number of hydrogen-bond acceptors (Lipinski definition) is 1. The standard InChI is InChI=1S/C19H10Br2O/c20-12-6-4-11(5-7-12)14-2-1-3-16-15-9-8-13(21)10-17(15)19(22)18(14)16/h1-10H. The van der Waals surface area contributed by atoms with Crippen LogP contribution in [0.3, 0.4) is 0 Å². The van der Waals surface area contributed by atoms with Gasteiger partial charge in [0.05, 0.1) is 0 Å². The summed E-state index contributed by atoms with van der Waals surface area (Å²) in [6.07, 6.45) is 0. The molecule has 0 heterocycles. The van der Waals surface area contributed by atoms with Gasteiger partial charge in [-0.3, -0.25) is 4.79 Å². The summed E-state index contributed by atoms with van der Waals surface area (Å²) in [6.45, 7) is 0. The number of carbonyl (C=O) groups excluding carboxylic acids is 1. The van der Waals surface area contributed by atoms with Crippen LogP contribution in [0, 0.1) is 0 Å². The molecule has 0 saturated heterocycles.